The average molecular weight is 335 g/mol. The maximum absolute atomic E-state index is 12.1. The van der Waals surface area contributed by atoms with Gasteiger partial charge in [0.25, 0.3) is 5.56 Å². The van der Waals surface area contributed by atoms with Crippen molar-refractivity contribution >= 4 is 0 Å². The van der Waals surface area contributed by atoms with Crippen LogP contribution in [0.1, 0.15) is 29.6 Å². The number of ether oxygens (including phenoxy) is 1. The quantitative estimate of drug-likeness (QED) is 0.865. The Kier molecular flexibility index (Phi) is 4.06. The lowest BCUT2D eigenvalue weighted by Crippen LogP contribution is -2.47. The summed E-state index contributed by atoms with van der Waals surface area (Å²) in [5, 5.41) is 9.78. The summed E-state index contributed by atoms with van der Waals surface area (Å²) in [6.45, 7) is 2.41. The minimum atomic E-state index is -0.266. The second kappa shape index (κ2) is 6.38. The zero-order chi connectivity index (χ0) is 17.4. The Bertz CT molecular complexity index is 866. The lowest BCUT2D eigenvalue weighted by Gasteiger charge is -2.44. The van der Waals surface area contributed by atoms with Crippen LogP contribution in [-0.4, -0.2) is 29.7 Å². The fourth-order valence-electron chi connectivity index (χ4n) is 4.30. The van der Waals surface area contributed by atoms with E-state index in [1.807, 2.05) is 34.9 Å². The summed E-state index contributed by atoms with van der Waals surface area (Å²) < 4.78 is 7.13. The minimum absolute atomic E-state index is 0.0904. The van der Waals surface area contributed by atoms with E-state index >= 15 is 0 Å². The zero-order valence-electron chi connectivity index (χ0n) is 14.3. The molecule has 0 saturated carbocycles. The molecule has 4 rings (SSSR count). The number of nitrogens with zero attached hydrogens (tertiary/aromatic N) is 3. The molecule has 1 unspecified atom stereocenters. The van der Waals surface area contributed by atoms with Gasteiger partial charge in [0.05, 0.1) is 13.2 Å². The molecule has 2 aliphatic rings. The largest absolute Gasteiger partial charge is 0.497 e. The van der Waals surface area contributed by atoms with E-state index in [0.717, 1.165) is 43.1 Å². The average Bonchev–Trinajstić information content (AvgIpc) is 2.64. The highest BCUT2D eigenvalue weighted by Gasteiger charge is 2.37. The molecule has 128 valence electrons. The molecule has 2 aromatic rings. The number of methoxy groups -OCH3 is 1. The molecule has 3 heterocycles. The van der Waals surface area contributed by atoms with E-state index < -0.39 is 0 Å². The van der Waals surface area contributed by atoms with Crippen molar-refractivity contribution in [3.63, 3.8) is 0 Å². The normalized spacial score (nSPS) is 23.4. The lowest BCUT2D eigenvalue weighted by molar-refractivity contribution is 0.100. The van der Waals surface area contributed by atoms with E-state index in [1.54, 1.807) is 13.2 Å². The van der Waals surface area contributed by atoms with E-state index in [4.69, 9.17) is 4.74 Å². The van der Waals surface area contributed by atoms with Gasteiger partial charge in [0.1, 0.15) is 11.8 Å². The van der Waals surface area contributed by atoms with Gasteiger partial charge >= 0.3 is 0 Å². The van der Waals surface area contributed by atoms with E-state index in [-0.39, 0.29) is 11.6 Å². The molecule has 1 aromatic heterocycles. The van der Waals surface area contributed by atoms with Crippen LogP contribution in [0.5, 0.6) is 5.75 Å². The number of benzene rings is 1. The summed E-state index contributed by atoms with van der Waals surface area (Å²) in [6.07, 6.45) is 1.10. The van der Waals surface area contributed by atoms with Gasteiger partial charge in [0, 0.05) is 37.3 Å². The third kappa shape index (κ3) is 2.83. The Morgan fingerprint density at radius 1 is 1.16 bits per heavy atom. The first-order valence-electron chi connectivity index (χ1n) is 8.67. The molecule has 0 radical (unpaired) electrons. The maximum Gasteiger partial charge on any atom is 0.250 e. The van der Waals surface area contributed by atoms with E-state index in [1.165, 1.54) is 0 Å². The topological polar surface area (TPSA) is 58.3 Å². The summed E-state index contributed by atoms with van der Waals surface area (Å²) in [5.41, 5.74) is 2.20. The van der Waals surface area contributed by atoms with Crippen molar-refractivity contribution in [1.29, 1.82) is 5.26 Å². The number of hydrogen-bond acceptors (Lipinski definition) is 4. The number of pyridine rings is 1. The molecule has 3 atom stereocenters. The summed E-state index contributed by atoms with van der Waals surface area (Å²) >= 11 is 0. The van der Waals surface area contributed by atoms with Crippen LogP contribution in [0.2, 0.25) is 0 Å². The van der Waals surface area contributed by atoms with Crippen molar-refractivity contribution in [2.24, 2.45) is 5.92 Å². The lowest BCUT2D eigenvalue weighted by atomic mass is 9.82. The third-order valence-corrected chi connectivity index (χ3v) is 5.43. The standard InChI is InChI=1S/C20H21N3O2/c1-25-17-7-5-15(6-8-17)19(10-21)22-11-14-9-16(13-22)18-3-2-4-20(24)23(18)12-14/h2-8,14,16,19H,9,11-13H2,1H3/t14-,16+,19?/m1/s1. The minimum Gasteiger partial charge on any atom is -0.497 e. The van der Waals surface area contributed by atoms with Crippen LogP contribution in [0, 0.1) is 17.2 Å². The molecule has 2 aliphatic heterocycles. The predicted molar refractivity (Wildman–Crippen MR) is 94.5 cm³/mol. The fraction of sp³-hybridized carbons (Fsp3) is 0.400. The zero-order valence-corrected chi connectivity index (χ0v) is 14.3. The van der Waals surface area contributed by atoms with Gasteiger partial charge in [-0.3, -0.25) is 9.69 Å². The van der Waals surface area contributed by atoms with Crippen LogP contribution in [0.4, 0.5) is 0 Å². The van der Waals surface area contributed by atoms with Crippen LogP contribution in [-0.2, 0) is 6.54 Å². The van der Waals surface area contributed by atoms with Crippen LogP contribution in [0.15, 0.2) is 47.3 Å². The van der Waals surface area contributed by atoms with Crippen LogP contribution >= 0.6 is 0 Å². The molecule has 0 aliphatic carbocycles. The molecule has 0 spiro atoms. The SMILES string of the molecule is COc1ccc(C(C#N)N2C[C@H]3C[C@@H](C2)c2cccc(=O)n2C3)cc1. The van der Waals surface area contributed by atoms with E-state index in [2.05, 4.69) is 17.0 Å². The number of rotatable bonds is 3. The molecule has 1 fully saturated rings. The second-order valence-corrected chi connectivity index (χ2v) is 6.96. The van der Waals surface area contributed by atoms with Crippen LogP contribution in [0.3, 0.4) is 0 Å². The van der Waals surface area contributed by atoms with Gasteiger partial charge < -0.3 is 9.30 Å². The maximum atomic E-state index is 12.1. The molecule has 25 heavy (non-hydrogen) atoms. The van der Waals surface area contributed by atoms with Gasteiger partial charge in [-0.1, -0.05) is 18.2 Å². The Balaban J connectivity index is 1.62. The Morgan fingerprint density at radius 2 is 1.96 bits per heavy atom. The highest BCUT2D eigenvalue weighted by Crippen LogP contribution is 2.38. The molecule has 5 nitrogen and oxygen atoms in total. The number of hydrogen-bond donors (Lipinski definition) is 0. The van der Waals surface area contributed by atoms with Gasteiger partial charge in [0.2, 0.25) is 0 Å². The molecule has 0 N–H and O–H groups in total. The Morgan fingerprint density at radius 3 is 2.68 bits per heavy atom. The second-order valence-electron chi connectivity index (χ2n) is 6.96. The monoisotopic (exact) mass is 335 g/mol. The van der Waals surface area contributed by atoms with Crippen LogP contribution < -0.4 is 10.3 Å². The summed E-state index contributed by atoms with van der Waals surface area (Å²) in [4.78, 5) is 14.4. The van der Waals surface area contributed by atoms with Crippen molar-refractivity contribution in [1.82, 2.24) is 9.47 Å². The fourth-order valence-corrected chi connectivity index (χ4v) is 4.30. The smallest absolute Gasteiger partial charge is 0.250 e. The van der Waals surface area contributed by atoms with Gasteiger partial charge in [-0.15, -0.1) is 0 Å². The number of fused-ring (bicyclic) bond motifs is 4. The number of likely N-dealkylation sites (tertiary alicyclic amines) is 1. The Labute approximate surface area is 147 Å². The molecule has 1 saturated heterocycles. The van der Waals surface area contributed by atoms with Crippen molar-refractivity contribution < 1.29 is 4.74 Å². The first kappa shape index (κ1) is 15.9. The van der Waals surface area contributed by atoms with Gasteiger partial charge in [-0.25, -0.2) is 0 Å². The van der Waals surface area contributed by atoms with Gasteiger partial charge in [-0.2, -0.15) is 5.26 Å². The van der Waals surface area contributed by atoms with E-state index in [9.17, 15) is 10.1 Å². The van der Waals surface area contributed by atoms with Crippen molar-refractivity contribution in [2.45, 2.75) is 24.9 Å². The summed E-state index contributed by atoms with van der Waals surface area (Å²) in [5.74, 6) is 1.53. The molecule has 1 aromatic carbocycles. The van der Waals surface area contributed by atoms with Crippen molar-refractivity contribution in [2.75, 3.05) is 20.2 Å². The summed E-state index contributed by atoms with van der Waals surface area (Å²) in [6, 6.07) is 15.5. The first-order chi connectivity index (χ1) is 12.2. The molecule has 5 heteroatoms. The predicted octanol–water partition coefficient (Wildman–Crippen LogP) is 2.54. The summed E-state index contributed by atoms with van der Waals surface area (Å²) in [7, 11) is 1.64. The Hall–Kier alpha value is -2.58. The number of nitriles is 1. The molecular formula is C20H21N3O2. The molecular weight excluding hydrogens is 314 g/mol. The highest BCUT2D eigenvalue weighted by molar-refractivity contribution is 5.32. The number of piperidine rings is 1. The first-order valence-corrected chi connectivity index (χ1v) is 8.67. The third-order valence-electron chi connectivity index (χ3n) is 5.43. The van der Waals surface area contributed by atoms with E-state index in [0.29, 0.717) is 11.8 Å². The van der Waals surface area contributed by atoms with Gasteiger partial charge in [-0.05, 0) is 36.1 Å². The van der Waals surface area contributed by atoms with Gasteiger partial charge in [0.15, 0.2) is 0 Å². The van der Waals surface area contributed by atoms with Crippen LogP contribution in [0.25, 0.3) is 0 Å². The highest BCUT2D eigenvalue weighted by atomic mass is 16.5. The van der Waals surface area contributed by atoms with Crippen molar-refractivity contribution in [3.05, 3.63) is 64.1 Å². The number of aromatic nitrogens is 1. The molecule has 0 amide bonds. The molecule has 2 bridgehead atoms. The van der Waals surface area contributed by atoms with Crippen molar-refractivity contribution in [3.8, 4) is 11.8 Å².